The fourth-order valence-corrected chi connectivity index (χ4v) is 5.59. The third-order valence-corrected chi connectivity index (χ3v) is 7.08. The van der Waals surface area contributed by atoms with Crippen LogP contribution in [0.4, 0.5) is 8.78 Å². The Labute approximate surface area is 196 Å². The van der Waals surface area contributed by atoms with Crippen LogP contribution in [0, 0.1) is 17.7 Å². The number of para-hydroxylation sites is 1. The summed E-state index contributed by atoms with van der Waals surface area (Å²) in [5.41, 5.74) is 7.46. The number of hydrogen-bond acceptors (Lipinski definition) is 6. The lowest BCUT2D eigenvalue weighted by Gasteiger charge is -2.52. The Bertz CT molecular complexity index is 1230. The van der Waals surface area contributed by atoms with E-state index in [1.165, 1.54) is 12.3 Å². The largest absolute Gasteiger partial charge is 0.453 e. The number of nitrogens with zero attached hydrogens (tertiary/aromatic N) is 1. The summed E-state index contributed by atoms with van der Waals surface area (Å²) in [5.74, 6) is -0.262. The molecule has 3 aliphatic rings. The van der Waals surface area contributed by atoms with Crippen LogP contribution >= 0.6 is 0 Å². The zero-order valence-corrected chi connectivity index (χ0v) is 18.5. The highest BCUT2D eigenvalue weighted by molar-refractivity contribution is 5.69. The van der Waals surface area contributed by atoms with Crippen molar-refractivity contribution >= 4 is 0 Å². The van der Waals surface area contributed by atoms with E-state index in [9.17, 15) is 4.39 Å². The second-order valence-electron chi connectivity index (χ2n) is 9.00. The van der Waals surface area contributed by atoms with Crippen molar-refractivity contribution in [2.45, 2.75) is 30.7 Å². The lowest BCUT2D eigenvalue weighted by molar-refractivity contribution is -0.143. The maximum Gasteiger partial charge on any atom is 0.220 e. The lowest BCUT2D eigenvalue weighted by atomic mass is 9.70. The summed E-state index contributed by atoms with van der Waals surface area (Å²) in [4.78, 5) is 3.79. The minimum absolute atomic E-state index is 0.128. The molecule has 2 aromatic carbocycles. The van der Waals surface area contributed by atoms with Gasteiger partial charge in [0.05, 0.1) is 0 Å². The molecule has 34 heavy (non-hydrogen) atoms. The van der Waals surface area contributed by atoms with E-state index in [0.717, 1.165) is 12.8 Å². The first-order chi connectivity index (χ1) is 16.6. The molecule has 1 spiro atoms. The topological polar surface area (TPSA) is 78.6 Å². The Morgan fingerprint density at radius 3 is 2.71 bits per heavy atom. The molecule has 2 saturated heterocycles. The third kappa shape index (κ3) is 3.32. The van der Waals surface area contributed by atoms with Gasteiger partial charge in [0.25, 0.3) is 0 Å². The van der Waals surface area contributed by atoms with Gasteiger partial charge in [-0.05, 0) is 54.7 Å². The maximum atomic E-state index is 15.1. The molecule has 3 atom stereocenters. The van der Waals surface area contributed by atoms with E-state index in [1.54, 1.807) is 30.3 Å². The van der Waals surface area contributed by atoms with Crippen LogP contribution in [-0.4, -0.2) is 37.0 Å². The fraction of sp³-hybridized carbons (Fsp3) is 0.346. The van der Waals surface area contributed by atoms with Crippen molar-refractivity contribution in [3.63, 3.8) is 0 Å². The number of halogens is 2. The van der Waals surface area contributed by atoms with Gasteiger partial charge < -0.3 is 25.3 Å². The SMILES string of the molecule is N[C@@H]1CNC(C2CCOCC2)C2(O1)c1cc(-c3cccnc3F)ccc1Oc1c(F)cccc12. The van der Waals surface area contributed by atoms with Gasteiger partial charge in [0.2, 0.25) is 5.95 Å². The van der Waals surface area contributed by atoms with Gasteiger partial charge in [0.15, 0.2) is 11.6 Å². The number of rotatable bonds is 2. The summed E-state index contributed by atoms with van der Waals surface area (Å²) >= 11 is 0. The van der Waals surface area contributed by atoms with E-state index in [1.807, 2.05) is 12.1 Å². The Balaban J connectivity index is 1.60. The average molecular weight is 466 g/mol. The van der Waals surface area contributed by atoms with Gasteiger partial charge in [-0.15, -0.1) is 0 Å². The molecular weight excluding hydrogens is 440 g/mol. The van der Waals surface area contributed by atoms with Crippen LogP contribution in [0.2, 0.25) is 0 Å². The molecule has 2 fully saturated rings. The van der Waals surface area contributed by atoms with Gasteiger partial charge in [-0.3, -0.25) is 0 Å². The van der Waals surface area contributed by atoms with E-state index in [-0.39, 0.29) is 17.7 Å². The maximum absolute atomic E-state index is 15.1. The van der Waals surface area contributed by atoms with E-state index < -0.39 is 23.6 Å². The normalized spacial score (nSPS) is 26.6. The van der Waals surface area contributed by atoms with Crippen LogP contribution in [0.5, 0.6) is 11.5 Å². The van der Waals surface area contributed by atoms with Crippen molar-refractivity contribution in [1.29, 1.82) is 0 Å². The first-order valence-corrected chi connectivity index (χ1v) is 11.5. The number of hydrogen-bond donors (Lipinski definition) is 2. The molecule has 6 rings (SSSR count). The zero-order valence-electron chi connectivity index (χ0n) is 18.5. The summed E-state index contributed by atoms with van der Waals surface area (Å²) in [7, 11) is 0. The standard InChI is InChI=1S/C26H25F2N3O3/c27-20-5-1-4-18-23(20)33-21-7-6-16(17-3-2-10-30-25(17)28)13-19(21)26(18)24(31-14-22(29)34-26)15-8-11-32-12-9-15/h1-7,10,13,15,22,24,31H,8-9,11-12,14,29H2/t22-,24?,26?/m0/s1. The van der Waals surface area contributed by atoms with Gasteiger partial charge in [0, 0.05) is 48.7 Å². The second-order valence-corrected chi connectivity index (χ2v) is 9.00. The molecule has 0 amide bonds. The van der Waals surface area contributed by atoms with Crippen LogP contribution < -0.4 is 15.8 Å². The number of benzene rings is 2. The van der Waals surface area contributed by atoms with Gasteiger partial charge >= 0.3 is 0 Å². The highest BCUT2D eigenvalue weighted by Gasteiger charge is 2.55. The predicted octanol–water partition coefficient (Wildman–Crippen LogP) is 4.08. The molecule has 3 N–H and O–H groups in total. The van der Waals surface area contributed by atoms with E-state index >= 15 is 4.39 Å². The fourth-order valence-electron chi connectivity index (χ4n) is 5.59. The molecule has 0 radical (unpaired) electrons. The average Bonchev–Trinajstić information content (AvgIpc) is 2.86. The monoisotopic (exact) mass is 465 g/mol. The van der Waals surface area contributed by atoms with E-state index in [2.05, 4.69) is 10.3 Å². The number of nitrogens with one attached hydrogen (secondary N) is 1. The second kappa shape index (κ2) is 8.39. The van der Waals surface area contributed by atoms with Gasteiger partial charge in [0.1, 0.15) is 17.6 Å². The number of nitrogens with two attached hydrogens (primary N) is 1. The van der Waals surface area contributed by atoms with Gasteiger partial charge in [-0.2, -0.15) is 4.39 Å². The summed E-state index contributed by atoms with van der Waals surface area (Å²) in [6.45, 7) is 1.75. The lowest BCUT2D eigenvalue weighted by Crippen LogP contribution is -2.65. The Morgan fingerprint density at radius 1 is 1.03 bits per heavy atom. The highest BCUT2D eigenvalue weighted by Crippen LogP contribution is 2.55. The summed E-state index contributed by atoms with van der Waals surface area (Å²) in [5, 5.41) is 3.60. The molecular formula is C26H25F2N3O3. The molecule has 8 heteroatoms. The molecule has 1 aromatic heterocycles. The molecule has 6 nitrogen and oxygen atoms in total. The quantitative estimate of drug-likeness (QED) is 0.556. The summed E-state index contributed by atoms with van der Waals surface area (Å²) in [6.07, 6.45) is 2.44. The van der Waals surface area contributed by atoms with Crippen LogP contribution in [0.3, 0.4) is 0 Å². The van der Waals surface area contributed by atoms with E-state index in [0.29, 0.717) is 47.8 Å². The predicted molar refractivity (Wildman–Crippen MR) is 121 cm³/mol. The smallest absolute Gasteiger partial charge is 0.220 e. The Morgan fingerprint density at radius 2 is 1.88 bits per heavy atom. The van der Waals surface area contributed by atoms with Crippen molar-refractivity contribution in [2.75, 3.05) is 19.8 Å². The zero-order chi connectivity index (χ0) is 23.3. The van der Waals surface area contributed by atoms with Crippen molar-refractivity contribution in [3.8, 4) is 22.6 Å². The van der Waals surface area contributed by atoms with Crippen molar-refractivity contribution in [1.82, 2.24) is 10.3 Å². The molecule has 0 aliphatic carbocycles. The van der Waals surface area contributed by atoms with Gasteiger partial charge in [-0.1, -0.05) is 18.2 Å². The molecule has 0 saturated carbocycles. The van der Waals surface area contributed by atoms with Crippen LogP contribution in [0.15, 0.2) is 54.7 Å². The number of aromatic nitrogens is 1. The minimum atomic E-state index is -1.13. The minimum Gasteiger partial charge on any atom is -0.453 e. The first-order valence-electron chi connectivity index (χ1n) is 11.5. The van der Waals surface area contributed by atoms with Crippen LogP contribution in [-0.2, 0) is 15.1 Å². The molecule has 3 aromatic rings. The first kappa shape index (κ1) is 21.6. The third-order valence-electron chi connectivity index (χ3n) is 7.08. The van der Waals surface area contributed by atoms with Crippen molar-refractivity contribution in [3.05, 3.63) is 77.6 Å². The molecule has 2 unspecified atom stereocenters. The Hall–Kier alpha value is -2.91. The highest BCUT2D eigenvalue weighted by atomic mass is 19.1. The number of fused-ring (bicyclic) bond motifs is 4. The van der Waals surface area contributed by atoms with Crippen molar-refractivity contribution in [2.24, 2.45) is 11.7 Å². The summed E-state index contributed by atoms with van der Waals surface area (Å²) < 4.78 is 48.0. The molecule has 176 valence electrons. The molecule has 0 bridgehead atoms. The molecule has 3 aliphatic heterocycles. The van der Waals surface area contributed by atoms with E-state index in [4.69, 9.17) is 19.9 Å². The molecule has 4 heterocycles. The number of ether oxygens (including phenoxy) is 3. The van der Waals surface area contributed by atoms with Gasteiger partial charge in [-0.25, -0.2) is 9.37 Å². The van der Waals surface area contributed by atoms with Crippen LogP contribution in [0.25, 0.3) is 11.1 Å². The number of pyridine rings is 1. The summed E-state index contributed by atoms with van der Waals surface area (Å²) in [6, 6.07) is 13.3. The van der Waals surface area contributed by atoms with Crippen LogP contribution in [0.1, 0.15) is 24.0 Å². The number of morpholine rings is 1. The Kier molecular flexibility index (Phi) is 5.33. The van der Waals surface area contributed by atoms with Crippen molar-refractivity contribution < 1.29 is 23.0 Å².